The predicted molar refractivity (Wildman–Crippen MR) is 93.8 cm³/mol. The van der Waals surface area contributed by atoms with Crippen molar-refractivity contribution in [3.63, 3.8) is 0 Å². The van der Waals surface area contributed by atoms with Crippen LogP contribution in [-0.4, -0.2) is 44.6 Å². The molecule has 3 rings (SSSR count). The average Bonchev–Trinajstić information content (AvgIpc) is 2.66. The summed E-state index contributed by atoms with van der Waals surface area (Å²) < 4.78 is 16.6. The van der Waals surface area contributed by atoms with Crippen molar-refractivity contribution in [3.8, 4) is 11.5 Å². The van der Waals surface area contributed by atoms with E-state index in [9.17, 15) is 0 Å². The summed E-state index contributed by atoms with van der Waals surface area (Å²) in [6.07, 6.45) is 1.85. The van der Waals surface area contributed by atoms with Crippen LogP contribution in [0.5, 0.6) is 11.5 Å². The number of hydrogen-bond acceptors (Lipinski definition) is 5. The number of hydrazone groups is 1. The van der Waals surface area contributed by atoms with Crippen LogP contribution in [-0.2, 0) is 11.3 Å². The number of morpholine rings is 1. The molecule has 24 heavy (non-hydrogen) atoms. The molecule has 0 aromatic heterocycles. The summed E-state index contributed by atoms with van der Waals surface area (Å²) in [6.45, 7) is 3.60. The highest BCUT2D eigenvalue weighted by Crippen LogP contribution is 2.28. The number of nitrogens with zero attached hydrogens (tertiary/aromatic N) is 2. The van der Waals surface area contributed by atoms with Crippen molar-refractivity contribution in [1.82, 2.24) is 5.01 Å². The normalized spacial score (nSPS) is 14.8. The minimum absolute atomic E-state index is 0.501. The van der Waals surface area contributed by atoms with Crippen molar-refractivity contribution in [3.05, 3.63) is 59.7 Å². The van der Waals surface area contributed by atoms with Crippen LogP contribution in [0.2, 0.25) is 0 Å². The lowest BCUT2D eigenvalue weighted by Gasteiger charge is -2.23. The molecular formula is C19H22N2O3. The highest BCUT2D eigenvalue weighted by atomic mass is 16.5. The topological polar surface area (TPSA) is 43.3 Å². The van der Waals surface area contributed by atoms with Crippen molar-refractivity contribution in [2.45, 2.75) is 6.61 Å². The molecule has 0 unspecified atom stereocenters. The molecule has 0 spiro atoms. The third-order valence-electron chi connectivity index (χ3n) is 3.78. The van der Waals surface area contributed by atoms with E-state index < -0.39 is 0 Å². The van der Waals surface area contributed by atoms with E-state index in [2.05, 4.69) is 5.10 Å². The van der Waals surface area contributed by atoms with Gasteiger partial charge in [-0.1, -0.05) is 30.3 Å². The Labute approximate surface area is 142 Å². The molecule has 0 saturated carbocycles. The SMILES string of the molecule is COc1ccc(/C=N\N2CCOCC2)cc1OCc1ccccc1. The zero-order valence-electron chi connectivity index (χ0n) is 13.9. The second-order valence-corrected chi connectivity index (χ2v) is 5.50. The molecule has 1 aliphatic heterocycles. The Morgan fingerprint density at radius 1 is 1.08 bits per heavy atom. The Kier molecular flexibility index (Phi) is 5.69. The van der Waals surface area contributed by atoms with Gasteiger partial charge in [-0.15, -0.1) is 0 Å². The molecular weight excluding hydrogens is 304 g/mol. The van der Waals surface area contributed by atoms with Crippen LogP contribution < -0.4 is 9.47 Å². The molecule has 2 aromatic carbocycles. The first-order valence-electron chi connectivity index (χ1n) is 8.06. The molecule has 1 saturated heterocycles. The van der Waals surface area contributed by atoms with Gasteiger partial charge in [0.15, 0.2) is 11.5 Å². The highest BCUT2D eigenvalue weighted by molar-refractivity contribution is 5.80. The molecule has 5 heteroatoms. The number of methoxy groups -OCH3 is 1. The van der Waals surface area contributed by atoms with Gasteiger partial charge in [0.1, 0.15) is 6.61 Å². The molecule has 1 fully saturated rings. The number of ether oxygens (including phenoxy) is 3. The molecule has 0 radical (unpaired) electrons. The molecule has 1 heterocycles. The minimum atomic E-state index is 0.501. The first-order valence-corrected chi connectivity index (χ1v) is 8.06. The molecule has 0 aliphatic carbocycles. The van der Waals surface area contributed by atoms with Crippen LogP contribution in [0.15, 0.2) is 53.6 Å². The van der Waals surface area contributed by atoms with Crippen molar-refractivity contribution in [1.29, 1.82) is 0 Å². The third kappa shape index (κ3) is 4.49. The van der Waals surface area contributed by atoms with Gasteiger partial charge in [-0.2, -0.15) is 5.10 Å². The summed E-state index contributed by atoms with van der Waals surface area (Å²) in [7, 11) is 1.65. The quantitative estimate of drug-likeness (QED) is 0.766. The van der Waals surface area contributed by atoms with E-state index in [-0.39, 0.29) is 0 Å². The van der Waals surface area contributed by atoms with Gasteiger partial charge in [-0.25, -0.2) is 0 Å². The summed E-state index contributed by atoms with van der Waals surface area (Å²) in [5.41, 5.74) is 2.09. The minimum Gasteiger partial charge on any atom is -0.493 e. The molecule has 126 valence electrons. The van der Waals surface area contributed by atoms with Gasteiger partial charge in [0.25, 0.3) is 0 Å². The molecule has 1 aliphatic rings. The Balaban J connectivity index is 1.69. The van der Waals surface area contributed by atoms with Crippen LogP contribution in [0, 0.1) is 0 Å². The van der Waals surface area contributed by atoms with Crippen LogP contribution in [0.4, 0.5) is 0 Å². The molecule has 0 amide bonds. The first kappa shape index (κ1) is 16.3. The van der Waals surface area contributed by atoms with E-state index in [0.29, 0.717) is 12.4 Å². The van der Waals surface area contributed by atoms with E-state index in [0.717, 1.165) is 43.2 Å². The molecule has 5 nitrogen and oxygen atoms in total. The maximum atomic E-state index is 5.93. The summed E-state index contributed by atoms with van der Waals surface area (Å²) in [6, 6.07) is 15.9. The predicted octanol–water partition coefficient (Wildman–Crippen LogP) is 2.94. The van der Waals surface area contributed by atoms with Gasteiger partial charge >= 0.3 is 0 Å². The number of benzene rings is 2. The molecule has 0 atom stereocenters. The second-order valence-electron chi connectivity index (χ2n) is 5.50. The van der Waals surface area contributed by atoms with Crippen LogP contribution >= 0.6 is 0 Å². The van der Waals surface area contributed by atoms with Crippen LogP contribution in [0.1, 0.15) is 11.1 Å². The van der Waals surface area contributed by atoms with Gasteiger partial charge in [-0.3, -0.25) is 5.01 Å². The Hall–Kier alpha value is -2.53. The summed E-state index contributed by atoms with van der Waals surface area (Å²) in [5, 5.41) is 6.51. The van der Waals surface area contributed by atoms with E-state index in [1.54, 1.807) is 7.11 Å². The first-order chi connectivity index (χ1) is 11.8. The molecule has 0 N–H and O–H groups in total. The number of rotatable bonds is 6. The highest BCUT2D eigenvalue weighted by Gasteiger charge is 2.08. The van der Waals surface area contributed by atoms with Crippen molar-refractivity contribution in [2.24, 2.45) is 5.10 Å². The van der Waals surface area contributed by atoms with Crippen molar-refractivity contribution in [2.75, 3.05) is 33.4 Å². The van der Waals surface area contributed by atoms with Crippen molar-refractivity contribution < 1.29 is 14.2 Å². The lowest BCUT2D eigenvalue weighted by Crippen LogP contribution is -2.32. The van der Waals surface area contributed by atoms with Crippen molar-refractivity contribution >= 4 is 6.21 Å². The van der Waals surface area contributed by atoms with Gasteiger partial charge in [0, 0.05) is 0 Å². The molecule has 0 bridgehead atoms. The van der Waals surface area contributed by atoms with Gasteiger partial charge in [0.05, 0.1) is 39.6 Å². The van der Waals surface area contributed by atoms with Gasteiger partial charge in [-0.05, 0) is 29.3 Å². The smallest absolute Gasteiger partial charge is 0.162 e. The van der Waals surface area contributed by atoms with Crippen LogP contribution in [0.25, 0.3) is 0 Å². The third-order valence-corrected chi connectivity index (χ3v) is 3.78. The zero-order chi connectivity index (χ0) is 16.6. The zero-order valence-corrected chi connectivity index (χ0v) is 13.9. The standard InChI is InChI=1S/C19H22N2O3/c1-22-18-8-7-17(14-20-21-9-11-23-12-10-21)13-19(18)24-15-16-5-3-2-4-6-16/h2-8,13-14H,9-12,15H2,1H3/b20-14-. The fourth-order valence-electron chi connectivity index (χ4n) is 2.44. The van der Waals surface area contributed by atoms with E-state index >= 15 is 0 Å². The summed E-state index contributed by atoms with van der Waals surface area (Å²) in [5.74, 6) is 1.43. The maximum Gasteiger partial charge on any atom is 0.162 e. The Bertz CT molecular complexity index is 668. The maximum absolute atomic E-state index is 5.93. The van der Waals surface area contributed by atoms with E-state index in [4.69, 9.17) is 14.2 Å². The molecule has 2 aromatic rings. The van der Waals surface area contributed by atoms with Crippen LogP contribution in [0.3, 0.4) is 0 Å². The fraction of sp³-hybridized carbons (Fsp3) is 0.316. The second kappa shape index (κ2) is 8.36. The van der Waals surface area contributed by atoms with E-state index in [1.807, 2.05) is 59.8 Å². The average molecular weight is 326 g/mol. The Morgan fingerprint density at radius 2 is 1.88 bits per heavy atom. The fourth-order valence-corrected chi connectivity index (χ4v) is 2.44. The van der Waals surface area contributed by atoms with Gasteiger partial charge < -0.3 is 14.2 Å². The largest absolute Gasteiger partial charge is 0.493 e. The Morgan fingerprint density at radius 3 is 2.62 bits per heavy atom. The monoisotopic (exact) mass is 326 g/mol. The van der Waals surface area contributed by atoms with Gasteiger partial charge in [0.2, 0.25) is 0 Å². The lowest BCUT2D eigenvalue weighted by molar-refractivity contribution is 0.0397. The number of hydrogen-bond donors (Lipinski definition) is 0. The van der Waals surface area contributed by atoms with E-state index in [1.165, 1.54) is 0 Å². The lowest BCUT2D eigenvalue weighted by atomic mass is 10.2. The summed E-state index contributed by atoms with van der Waals surface area (Å²) in [4.78, 5) is 0. The summed E-state index contributed by atoms with van der Waals surface area (Å²) >= 11 is 0.